The van der Waals surface area contributed by atoms with Gasteiger partial charge in [-0.15, -0.1) is 0 Å². The smallest absolute Gasteiger partial charge is 0.0594 e. The van der Waals surface area contributed by atoms with Crippen molar-refractivity contribution in [1.29, 1.82) is 0 Å². The molecule has 3 atom stereocenters. The lowest BCUT2D eigenvalue weighted by molar-refractivity contribution is 0.0152. The van der Waals surface area contributed by atoms with E-state index in [-0.39, 0.29) is 0 Å². The number of ether oxygens (including phenoxy) is 1. The van der Waals surface area contributed by atoms with Gasteiger partial charge in [0.25, 0.3) is 0 Å². The van der Waals surface area contributed by atoms with E-state index in [1.807, 2.05) is 0 Å². The molecule has 1 saturated carbocycles. The summed E-state index contributed by atoms with van der Waals surface area (Å²) in [6.07, 6.45) is 5.05. The molecule has 0 aromatic heterocycles. The number of hydrogen-bond donors (Lipinski definition) is 1. The standard InChI is InChI=1S/C16H31N3O/c1-16(2)5-3-14(17)15(11-16)19-6-4-13(12-19)18-7-9-20-10-8-18/h13-15H,3-12,17H2,1-2H3. The van der Waals surface area contributed by atoms with Crippen molar-refractivity contribution in [2.24, 2.45) is 11.1 Å². The van der Waals surface area contributed by atoms with Gasteiger partial charge in [-0.2, -0.15) is 0 Å². The summed E-state index contributed by atoms with van der Waals surface area (Å²) in [5.41, 5.74) is 6.90. The quantitative estimate of drug-likeness (QED) is 0.828. The molecule has 0 radical (unpaired) electrons. The van der Waals surface area contributed by atoms with E-state index in [0.717, 1.165) is 32.3 Å². The lowest BCUT2D eigenvalue weighted by atomic mass is 9.73. The SMILES string of the molecule is CC1(C)CCC(N)C(N2CCC(N3CCOCC3)C2)C1. The van der Waals surface area contributed by atoms with Crippen molar-refractivity contribution in [2.45, 2.75) is 57.7 Å². The maximum absolute atomic E-state index is 6.43. The molecule has 4 heteroatoms. The summed E-state index contributed by atoms with van der Waals surface area (Å²) >= 11 is 0. The number of nitrogens with zero attached hydrogens (tertiary/aromatic N) is 2. The molecule has 2 heterocycles. The lowest BCUT2D eigenvalue weighted by Gasteiger charge is -2.44. The summed E-state index contributed by atoms with van der Waals surface area (Å²) in [7, 11) is 0. The first kappa shape index (κ1) is 14.8. The molecule has 3 fully saturated rings. The van der Waals surface area contributed by atoms with Gasteiger partial charge in [-0.3, -0.25) is 9.80 Å². The molecule has 116 valence electrons. The third-order valence-corrected chi connectivity index (χ3v) is 5.64. The van der Waals surface area contributed by atoms with Crippen molar-refractivity contribution in [3.63, 3.8) is 0 Å². The van der Waals surface area contributed by atoms with Gasteiger partial charge in [0.15, 0.2) is 0 Å². The third kappa shape index (κ3) is 3.19. The third-order valence-electron chi connectivity index (χ3n) is 5.64. The van der Waals surface area contributed by atoms with Crippen molar-refractivity contribution >= 4 is 0 Å². The minimum atomic E-state index is 0.381. The van der Waals surface area contributed by atoms with Gasteiger partial charge in [0.05, 0.1) is 13.2 Å². The van der Waals surface area contributed by atoms with Crippen molar-refractivity contribution in [2.75, 3.05) is 39.4 Å². The Kier molecular flexibility index (Phi) is 4.37. The molecular formula is C16H31N3O. The van der Waals surface area contributed by atoms with Gasteiger partial charge in [-0.1, -0.05) is 13.8 Å². The van der Waals surface area contributed by atoms with E-state index in [9.17, 15) is 0 Å². The normalized spacial score (nSPS) is 40.0. The molecule has 20 heavy (non-hydrogen) atoms. The summed E-state index contributed by atoms with van der Waals surface area (Å²) < 4.78 is 5.47. The molecular weight excluding hydrogens is 250 g/mol. The average Bonchev–Trinajstić information content (AvgIpc) is 2.92. The minimum Gasteiger partial charge on any atom is -0.379 e. The van der Waals surface area contributed by atoms with Crippen molar-refractivity contribution < 1.29 is 4.74 Å². The first-order valence-electron chi connectivity index (χ1n) is 8.37. The predicted octanol–water partition coefficient (Wildman–Crippen LogP) is 1.30. The summed E-state index contributed by atoms with van der Waals surface area (Å²) in [6.45, 7) is 11.3. The number of hydrogen-bond acceptors (Lipinski definition) is 4. The molecule has 4 nitrogen and oxygen atoms in total. The lowest BCUT2D eigenvalue weighted by Crippen LogP contribution is -2.53. The molecule has 3 aliphatic rings. The Morgan fingerprint density at radius 2 is 1.80 bits per heavy atom. The van der Waals surface area contributed by atoms with Crippen LogP contribution in [0.1, 0.15) is 39.5 Å². The maximum atomic E-state index is 6.43. The predicted molar refractivity (Wildman–Crippen MR) is 81.8 cm³/mol. The number of likely N-dealkylation sites (tertiary alicyclic amines) is 1. The van der Waals surface area contributed by atoms with Crippen molar-refractivity contribution in [1.82, 2.24) is 9.80 Å². The fourth-order valence-corrected chi connectivity index (χ4v) is 4.28. The minimum absolute atomic E-state index is 0.381. The zero-order valence-corrected chi connectivity index (χ0v) is 13.2. The monoisotopic (exact) mass is 281 g/mol. The Morgan fingerprint density at radius 3 is 2.55 bits per heavy atom. The van der Waals surface area contributed by atoms with E-state index >= 15 is 0 Å². The highest BCUT2D eigenvalue weighted by Crippen LogP contribution is 2.38. The highest BCUT2D eigenvalue weighted by molar-refractivity contribution is 4.97. The van der Waals surface area contributed by atoms with Crippen LogP contribution in [-0.2, 0) is 4.74 Å². The zero-order chi connectivity index (χ0) is 14.2. The fraction of sp³-hybridized carbons (Fsp3) is 1.00. The van der Waals surface area contributed by atoms with Crippen molar-refractivity contribution in [3.8, 4) is 0 Å². The molecule has 2 N–H and O–H groups in total. The Hall–Kier alpha value is -0.160. The largest absolute Gasteiger partial charge is 0.379 e. The summed E-state index contributed by atoms with van der Waals surface area (Å²) in [4.78, 5) is 5.31. The molecule has 3 rings (SSSR count). The molecule has 0 spiro atoms. The van der Waals surface area contributed by atoms with E-state index in [1.54, 1.807) is 0 Å². The molecule has 2 saturated heterocycles. The van der Waals surface area contributed by atoms with Crippen LogP contribution in [0.3, 0.4) is 0 Å². The second-order valence-corrected chi connectivity index (χ2v) is 7.72. The first-order chi connectivity index (χ1) is 9.55. The molecule has 3 unspecified atom stereocenters. The van der Waals surface area contributed by atoms with Gasteiger partial charge >= 0.3 is 0 Å². The van der Waals surface area contributed by atoms with Gasteiger partial charge in [0.2, 0.25) is 0 Å². The second kappa shape index (κ2) is 5.91. The van der Waals surface area contributed by atoms with Gasteiger partial charge in [0.1, 0.15) is 0 Å². The first-order valence-corrected chi connectivity index (χ1v) is 8.37. The van der Waals surface area contributed by atoms with Crippen LogP contribution in [0.5, 0.6) is 0 Å². The van der Waals surface area contributed by atoms with E-state index in [4.69, 9.17) is 10.5 Å². The highest BCUT2D eigenvalue weighted by atomic mass is 16.5. The molecule has 0 aromatic rings. The summed E-state index contributed by atoms with van der Waals surface area (Å²) in [6, 6.07) is 1.72. The van der Waals surface area contributed by atoms with E-state index < -0.39 is 0 Å². The van der Waals surface area contributed by atoms with Crippen LogP contribution in [0.25, 0.3) is 0 Å². The van der Waals surface area contributed by atoms with Gasteiger partial charge < -0.3 is 10.5 Å². The van der Waals surface area contributed by atoms with Crippen LogP contribution in [0.2, 0.25) is 0 Å². The molecule has 0 amide bonds. The summed E-state index contributed by atoms with van der Waals surface area (Å²) in [5, 5.41) is 0. The van der Waals surface area contributed by atoms with Crippen LogP contribution in [0.15, 0.2) is 0 Å². The Labute approximate surface area is 123 Å². The average molecular weight is 281 g/mol. The van der Waals surface area contributed by atoms with Crippen LogP contribution < -0.4 is 5.73 Å². The van der Waals surface area contributed by atoms with Gasteiger partial charge in [-0.25, -0.2) is 0 Å². The van der Waals surface area contributed by atoms with Gasteiger partial charge in [0, 0.05) is 44.3 Å². The Bertz CT molecular complexity index is 328. The molecule has 1 aliphatic carbocycles. The highest BCUT2D eigenvalue weighted by Gasteiger charge is 2.39. The van der Waals surface area contributed by atoms with E-state index in [1.165, 1.54) is 38.8 Å². The van der Waals surface area contributed by atoms with E-state index in [0.29, 0.717) is 17.5 Å². The molecule has 2 aliphatic heterocycles. The van der Waals surface area contributed by atoms with Crippen LogP contribution in [-0.4, -0.2) is 67.3 Å². The Morgan fingerprint density at radius 1 is 1.05 bits per heavy atom. The van der Waals surface area contributed by atoms with Crippen LogP contribution in [0, 0.1) is 5.41 Å². The molecule has 0 aromatic carbocycles. The fourth-order valence-electron chi connectivity index (χ4n) is 4.28. The van der Waals surface area contributed by atoms with Crippen LogP contribution >= 0.6 is 0 Å². The van der Waals surface area contributed by atoms with E-state index in [2.05, 4.69) is 23.6 Å². The Balaban J connectivity index is 1.58. The number of morpholine rings is 1. The second-order valence-electron chi connectivity index (χ2n) is 7.72. The summed E-state index contributed by atoms with van der Waals surface area (Å²) in [5.74, 6) is 0. The topological polar surface area (TPSA) is 41.7 Å². The van der Waals surface area contributed by atoms with Crippen molar-refractivity contribution in [3.05, 3.63) is 0 Å². The number of rotatable bonds is 2. The van der Waals surface area contributed by atoms with Crippen LogP contribution in [0.4, 0.5) is 0 Å². The zero-order valence-electron chi connectivity index (χ0n) is 13.2. The molecule has 0 bridgehead atoms. The van der Waals surface area contributed by atoms with Gasteiger partial charge in [-0.05, 0) is 31.1 Å². The maximum Gasteiger partial charge on any atom is 0.0594 e. The number of nitrogens with two attached hydrogens (primary N) is 1.